The van der Waals surface area contributed by atoms with Crippen molar-refractivity contribution in [3.8, 4) is 0 Å². The Kier molecular flexibility index (Phi) is 3.61. The highest BCUT2D eigenvalue weighted by Gasteiger charge is 2.27. The van der Waals surface area contributed by atoms with Gasteiger partial charge < -0.3 is 5.32 Å². The molecule has 0 spiro atoms. The lowest BCUT2D eigenvalue weighted by Crippen LogP contribution is -2.24. The maximum atomic E-state index is 12.4. The number of rotatable bonds is 3. The number of carbonyl (C=O) groups is 1. The zero-order valence-corrected chi connectivity index (χ0v) is 12.6. The van der Waals surface area contributed by atoms with Gasteiger partial charge in [0.15, 0.2) is 5.82 Å². The molecule has 0 saturated heterocycles. The van der Waals surface area contributed by atoms with E-state index in [1.807, 2.05) is 6.07 Å². The second-order valence-corrected chi connectivity index (χ2v) is 6.60. The van der Waals surface area contributed by atoms with Crippen molar-refractivity contribution in [2.75, 3.05) is 5.32 Å². The molecule has 1 aliphatic carbocycles. The van der Waals surface area contributed by atoms with Crippen molar-refractivity contribution in [1.29, 1.82) is 0 Å². The summed E-state index contributed by atoms with van der Waals surface area (Å²) in [5.74, 6) is 1.04. The van der Waals surface area contributed by atoms with E-state index < -0.39 is 0 Å². The maximum absolute atomic E-state index is 12.4. The molecule has 0 saturated carbocycles. The van der Waals surface area contributed by atoms with Gasteiger partial charge in [-0.25, -0.2) is 0 Å². The lowest BCUT2D eigenvalue weighted by molar-refractivity contribution is -0.117. The van der Waals surface area contributed by atoms with Gasteiger partial charge >= 0.3 is 0 Å². The minimum absolute atomic E-state index is 0.0239. The number of H-pyrrole nitrogens is 1. The Hall–Kier alpha value is -1.62. The topological polar surface area (TPSA) is 57.8 Å². The van der Waals surface area contributed by atoms with E-state index in [1.54, 1.807) is 11.3 Å². The first-order valence-corrected chi connectivity index (χ1v) is 7.95. The monoisotopic (exact) mass is 289 g/mol. The van der Waals surface area contributed by atoms with Crippen molar-refractivity contribution >= 4 is 23.1 Å². The number of fused-ring (bicyclic) bond motifs is 1. The highest BCUT2D eigenvalue weighted by molar-refractivity contribution is 7.10. The largest absolute Gasteiger partial charge is 0.309 e. The lowest BCUT2D eigenvalue weighted by atomic mass is 9.87. The number of anilines is 1. The summed E-state index contributed by atoms with van der Waals surface area (Å²) in [4.78, 5) is 13.8. The van der Waals surface area contributed by atoms with Crippen molar-refractivity contribution < 1.29 is 4.79 Å². The quantitative estimate of drug-likeness (QED) is 0.906. The molecule has 2 N–H and O–H groups in total. The number of nitrogens with one attached hydrogen (secondary N) is 2. The summed E-state index contributed by atoms with van der Waals surface area (Å²) in [7, 11) is 0. The number of hydrogen-bond acceptors (Lipinski definition) is 3. The first-order chi connectivity index (χ1) is 9.65. The zero-order valence-electron chi connectivity index (χ0n) is 11.8. The molecular weight excluding hydrogens is 270 g/mol. The van der Waals surface area contributed by atoms with Gasteiger partial charge in [0.05, 0.1) is 5.92 Å². The summed E-state index contributed by atoms with van der Waals surface area (Å²) in [5.41, 5.74) is 2.25. The van der Waals surface area contributed by atoms with E-state index in [0.717, 1.165) is 25.0 Å². The normalized spacial score (nSPS) is 18.1. The summed E-state index contributed by atoms with van der Waals surface area (Å²) < 4.78 is 0. The van der Waals surface area contributed by atoms with E-state index in [9.17, 15) is 4.79 Å². The highest BCUT2D eigenvalue weighted by atomic mass is 32.1. The van der Waals surface area contributed by atoms with Crippen molar-refractivity contribution in [2.24, 2.45) is 0 Å². The van der Waals surface area contributed by atoms with Crippen LogP contribution in [0, 0.1) is 0 Å². The summed E-state index contributed by atoms with van der Waals surface area (Å²) in [6, 6.07) is 4.01. The van der Waals surface area contributed by atoms with E-state index in [0.29, 0.717) is 11.7 Å². The third-order valence-electron chi connectivity index (χ3n) is 3.84. The Morgan fingerprint density at radius 1 is 1.55 bits per heavy atom. The lowest BCUT2D eigenvalue weighted by Gasteiger charge is -2.21. The molecule has 2 aromatic rings. The number of thiophene rings is 1. The average Bonchev–Trinajstić information content (AvgIpc) is 3.05. The molecule has 0 radical (unpaired) electrons. The van der Waals surface area contributed by atoms with Crippen molar-refractivity contribution in [3.63, 3.8) is 0 Å². The molecule has 106 valence electrons. The molecule has 1 atom stereocenters. The average molecular weight is 289 g/mol. The van der Waals surface area contributed by atoms with Crippen LogP contribution in [0.5, 0.6) is 0 Å². The van der Waals surface area contributed by atoms with E-state index in [1.165, 1.54) is 10.4 Å². The number of aromatic nitrogens is 2. The minimum atomic E-state index is -0.0239. The fourth-order valence-electron chi connectivity index (χ4n) is 2.67. The van der Waals surface area contributed by atoms with Crippen molar-refractivity contribution in [3.05, 3.63) is 33.6 Å². The summed E-state index contributed by atoms with van der Waals surface area (Å²) in [6.07, 6.45) is 3.12. The summed E-state index contributed by atoms with van der Waals surface area (Å²) in [6.45, 7) is 4.19. The van der Waals surface area contributed by atoms with Gasteiger partial charge in [-0.1, -0.05) is 13.8 Å². The van der Waals surface area contributed by atoms with Gasteiger partial charge in [0.2, 0.25) is 5.91 Å². The molecule has 0 fully saturated rings. The number of amides is 1. The van der Waals surface area contributed by atoms with Crippen LogP contribution in [0.25, 0.3) is 0 Å². The Morgan fingerprint density at radius 3 is 3.15 bits per heavy atom. The molecular formula is C15H19N3OS. The number of aryl methyl sites for hydroxylation is 1. The van der Waals surface area contributed by atoms with Crippen LogP contribution >= 0.6 is 11.3 Å². The SMILES string of the molecule is CC(C)c1cc(NC(=O)C2CCCc3sccc32)n[nH]1. The predicted octanol–water partition coefficient (Wildman–Crippen LogP) is 3.65. The van der Waals surface area contributed by atoms with Crippen LogP contribution in [-0.4, -0.2) is 16.1 Å². The molecule has 3 rings (SSSR count). The first-order valence-electron chi connectivity index (χ1n) is 7.07. The molecule has 0 aromatic carbocycles. The molecule has 4 nitrogen and oxygen atoms in total. The predicted molar refractivity (Wildman–Crippen MR) is 81.3 cm³/mol. The summed E-state index contributed by atoms with van der Waals surface area (Å²) in [5, 5.41) is 12.2. The van der Waals surface area contributed by atoms with E-state index >= 15 is 0 Å². The molecule has 1 unspecified atom stereocenters. The van der Waals surface area contributed by atoms with Crippen molar-refractivity contribution in [2.45, 2.75) is 44.9 Å². The van der Waals surface area contributed by atoms with Crippen LogP contribution in [0.4, 0.5) is 5.82 Å². The Labute approximate surface area is 122 Å². The van der Waals surface area contributed by atoms with Gasteiger partial charge in [0, 0.05) is 16.6 Å². The zero-order chi connectivity index (χ0) is 14.1. The second kappa shape index (κ2) is 5.40. The van der Waals surface area contributed by atoms with Crippen molar-refractivity contribution in [1.82, 2.24) is 10.2 Å². The van der Waals surface area contributed by atoms with Gasteiger partial charge in [-0.3, -0.25) is 9.89 Å². The molecule has 2 aromatic heterocycles. The minimum Gasteiger partial charge on any atom is -0.309 e. The van der Waals surface area contributed by atoms with Crippen LogP contribution in [0.15, 0.2) is 17.5 Å². The smallest absolute Gasteiger partial charge is 0.233 e. The molecule has 2 heterocycles. The van der Waals surface area contributed by atoms with E-state index in [4.69, 9.17) is 0 Å². The van der Waals surface area contributed by atoms with Crippen LogP contribution < -0.4 is 5.32 Å². The Morgan fingerprint density at radius 2 is 2.40 bits per heavy atom. The summed E-state index contributed by atoms with van der Waals surface area (Å²) >= 11 is 1.76. The Balaban J connectivity index is 1.74. The van der Waals surface area contributed by atoms with Crippen LogP contribution in [0.2, 0.25) is 0 Å². The molecule has 1 aliphatic rings. The molecule has 1 amide bonds. The highest BCUT2D eigenvalue weighted by Crippen LogP contribution is 2.35. The number of aromatic amines is 1. The fraction of sp³-hybridized carbons (Fsp3) is 0.467. The van der Waals surface area contributed by atoms with Gasteiger partial charge in [0.1, 0.15) is 0 Å². The van der Waals surface area contributed by atoms with Gasteiger partial charge in [-0.2, -0.15) is 5.10 Å². The Bertz CT molecular complexity index is 614. The van der Waals surface area contributed by atoms with E-state index in [2.05, 4.69) is 40.8 Å². The van der Waals surface area contributed by atoms with Gasteiger partial charge in [0.25, 0.3) is 0 Å². The van der Waals surface area contributed by atoms with Crippen LogP contribution in [0.3, 0.4) is 0 Å². The van der Waals surface area contributed by atoms with E-state index in [-0.39, 0.29) is 11.8 Å². The first kappa shape index (κ1) is 13.4. The molecule has 0 bridgehead atoms. The van der Waals surface area contributed by atoms with Gasteiger partial charge in [-0.05, 0) is 42.2 Å². The molecule has 0 aliphatic heterocycles. The molecule has 20 heavy (non-hydrogen) atoms. The van der Waals surface area contributed by atoms with Crippen LogP contribution in [0.1, 0.15) is 54.7 Å². The van der Waals surface area contributed by atoms with Crippen LogP contribution in [-0.2, 0) is 11.2 Å². The molecule has 5 heteroatoms. The third-order valence-corrected chi connectivity index (χ3v) is 4.84. The van der Waals surface area contributed by atoms with Gasteiger partial charge in [-0.15, -0.1) is 11.3 Å². The fourth-order valence-corrected chi connectivity index (χ4v) is 3.66. The number of carbonyl (C=O) groups excluding carboxylic acids is 1. The third kappa shape index (κ3) is 2.50. The second-order valence-electron chi connectivity index (χ2n) is 5.60. The maximum Gasteiger partial charge on any atom is 0.233 e. The number of nitrogens with zero attached hydrogens (tertiary/aromatic N) is 1. The standard InChI is InChI=1S/C15H19N3OS/c1-9(2)12-8-14(18-17-12)16-15(19)11-4-3-5-13-10(11)6-7-20-13/h6-9,11H,3-5H2,1-2H3,(H2,16,17,18,19). The number of hydrogen-bond donors (Lipinski definition) is 2.